The van der Waals surface area contributed by atoms with Crippen LogP contribution in [-0.2, 0) is 14.3 Å². The van der Waals surface area contributed by atoms with Crippen LogP contribution in [0.3, 0.4) is 0 Å². The van der Waals surface area contributed by atoms with Crippen molar-refractivity contribution in [2.24, 2.45) is 0 Å². The second-order valence-electron chi connectivity index (χ2n) is 3.61. The van der Waals surface area contributed by atoms with E-state index in [-0.39, 0.29) is 11.9 Å². The van der Waals surface area contributed by atoms with E-state index < -0.39 is 10.6 Å². The minimum absolute atomic E-state index is 0.00593. The van der Waals surface area contributed by atoms with E-state index in [9.17, 15) is 4.79 Å². The number of hydrogen-bond acceptors (Lipinski definition) is 3. The number of ether oxygens (including phenoxy) is 2. The Kier molecular flexibility index (Phi) is 2.64. The first kappa shape index (κ1) is 10.5. The van der Waals surface area contributed by atoms with E-state index in [4.69, 9.17) is 32.7 Å². The average molecular weight is 240 g/mol. The van der Waals surface area contributed by atoms with Gasteiger partial charge in [-0.05, 0) is 6.92 Å². The maximum Gasteiger partial charge on any atom is 0.258 e. The molecule has 0 N–H and O–H groups in total. The SMILES string of the molecule is CC1COC2(COC2)N1C(=O)C(Cl)Cl. The molecule has 1 spiro atoms. The number of rotatable bonds is 1. The fourth-order valence-electron chi connectivity index (χ4n) is 1.84. The molecule has 6 heteroatoms. The summed E-state index contributed by atoms with van der Waals surface area (Å²) in [5, 5.41) is 0. The van der Waals surface area contributed by atoms with Crippen LogP contribution in [-0.4, -0.2) is 47.2 Å². The van der Waals surface area contributed by atoms with Gasteiger partial charge in [-0.25, -0.2) is 0 Å². The first-order chi connectivity index (χ1) is 6.57. The Bertz CT molecular complexity index is 255. The van der Waals surface area contributed by atoms with Crippen molar-refractivity contribution in [1.82, 2.24) is 4.90 Å². The number of nitrogens with zero attached hydrogens (tertiary/aromatic N) is 1. The van der Waals surface area contributed by atoms with E-state index in [0.29, 0.717) is 19.8 Å². The predicted molar refractivity (Wildman–Crippen MR) is 51.3 cm³/mol. The van der Waals surface area contributed by atoms with Crippen molar-refractivity contribution in [3.8, 4) is 0 Å². The second kappa shape index (κ2) is 3.52. The summed E-state index contributed by atoms with van der Waals surface area (Å²) in [5.41, 5.74) is -0.599. The van der Waals surface area contributed by atoms with Crippen LogP contribution in [0.4, 0.5) is 0 Å². The molecule has 2 fully saturated rings. The summed E-state index contributed by atoms with van der Waals surface area (Å²) in [6.07, 6.45) is 0. The normalized spacial score (nSPS) is 29.7. The maximum absolute atomic E-state index is 11.7. The highest BCUT2D eigenvalue weighted by Gasteiger charge is 2.54. The van der Waals surface area contributed by atoms with Gasteiger partial charge in [0.1, 0.15) is 0 Å². The van der Waals surface area contributed by atoms with Crippen molar-refractivity contribution in [2.45, 2.75) is 23.5 Å². The molecule has 80 valence electrons. The first-order valence-electron chi connectivity index (χ1n) is 4.40. The molecule has 0 radical (unpaired) electrons. The molecule has 0 bridgehead atoms. The van der Waals surface area contributed by atoms with Gasteiger partial charge in [-0.2, -0.15) is 0 Å². The van der Waals surface area contributed by atoms with Gasteiger partial charge in [0.25, 0.3) is 5.91 Å². The molecule has 2 aliphatic rings. The first-order valence-corrected chi connectivity index (χ1v) is 5.27. The van der Waals surface area contributed by atoms with E-state index in [1.165, 1.54) is 0 Å². The van der Waals surface area contributed by atoms with Gasteiger partial charge in [-0.3, -0.25) is 4.79 Å². The number of amides is 1. The molecule has 14 heavy (non-hydrogen) atoms. The van der Waals surface area contributed by atoms with Crippen LogP contribution < -0.4 is 0 Å². The molecule has 2 rings (SSSR count). The third-order valence-corrected chi connectivity index (χ3v) is 2.93. The van der Waals surface area contributed by atoms with Crippen LogP contribution in [0.25, 0.3) is 0 Å². The highest BCUT2D eigenvalue weighted by molar-refractivity contribution is 6.53. The second-order valence-corrected chi connectivity index (χ2v) is 4.70. The number of carbonyl (C=O) groups is 1. The fourth-order valence-corrected chi connectivity index (χ4v) is 2.05. The molecule has 0 aromatic rings. The molecule has 0 saturated carbocycles. The lowest BCUT2D eigenvalue weighted by molar-refractivity contribution is -0.240. The zero-order valence-corrected chi connectivity index (χ0v) is 9.22. The number of halogens is 2. The molecule has 4 nitrogen and oxygen atoms in total. The summed E-state index contributed by atoms with van der Waals surface area (Å²) in [5.74, 6) is -0.304. The molecule has 1 atom stereocenters. The van der Waals surface area contributed by atoms with E-state index in [2.05, 4.69) is 0 Å². The van der Waals surface area contributed by atoms with Gasteiger partial charge in [0.2, 0.25) is 0 Å². The van der Waals surface area contributed by atoms with Gasteiger partial charge in [0.05, 0.1) is 25.9 Å². The standard InChI is InChI=1S/C8H11Cl2NO3/c1-5-2-14-8(3-13-4-8)11(5)7(12)6(9)10/h5-6H,2-4H2,1H3. The van der Waals surface area contributed by atoms with E-state index >= 15 is 0 Å². The third kappa shape index (κ3) is 1.41. The number of hydrogen-bond donors (Lipinski definition) is 0. The molecule has 2 aliphatic heterocycles. The number of alkyl halides is 2. The van der Waals surface area contributed by atoms with Crippen LogP contribution in [0.2, 0.25) is 0 Å². The Morgan fingerprint density at radius 1 is 1.57 bits per heavy atom. The Morgan fingerprint density at radius 2 is 2.21 bits per heavy atom. The highest BCUT2D eigenvalue weighted by Crippen LogP contribution is 2.35. The summed E-state index contributed by atoms with van der Waals surface area (Å²) in [4.78, 5) is 12.3. The van der Waals surface area contributed by atoms with Gasteiger partial charge in [-0.1, -0.05) is 23.2 Å². The summed E-state index contributed by atoms with van der Waals surface area (Å²) in [6.45, 7) is 3.23. The zero-order valence-electron chi connectivity index (χ0n) is 7.70. The maximum atomic E-state index is 11.7. The quantitative estimate of drug-likeness (QED) is 0.635. The molecule has 2 saturated heterocycles. The molecule has 0 aromatic heterocycles. The Labute approximate surface area is 92.0 Å². The molecule has 2 heterocycles. The van der Waals surface area contributed by atoms with Crippen LogP contribution in [0, 0.1) is 0 Å². The molecule has 1 amide bonds. The number of carbonyl (C=O) groups excluding carboxylic acids is 1. The van der Waals surface area contributed by atoms with E-state index in [1.54, 1.807) is 4.90 Å². The van der Waals surface area contributed by atoms with Crippen LogP contribution in [0.5, 0.6) is 0 Å². The molecular weight excluding hydrogens is 229 g/mol. The van der Waals surface area contributed by atoms with Crippen molar-refractivity contribution >= 4 is 29.1 Å². The van der Waals surface area contributed by atoms with Gasteiger partial charge in [0.15, 0.2) is 10.6 Å². The Balaban J connectivity index is 2.17. The summed E-state index contributed by atoms with van der Waals surface area (Å²) in [6, 6.07) is 0.00593. The lowest BCUT2D eigenvalue weighted by atomic mass is 10.1. The van der Waals surface area contributed by atoms with Crippen molar-refractivity contribution < 1.29 is 14.3 Å². The highest BCUT2D eigenvalue weighted by atomic mass is 35.5. The summed E-state index contributed by atoms with van der Waals surface area (Å²) >= 11 is 11.1. The lowest BCUT2D eigenvalue weighted by Gasteiger charge is -2.44. The minimum atomic E-state index is -1.03. The summed E-state index contributed by atoms with van der Waals surface area (Å²) in [7, 11) is 0. The van der Waals surface area contributed by atoms with E-state index in [1.807, 2.05) is 6.92 Å². The third-order valence-electron chi connectivity index (χ3n) is 2.55. The molecule has 1 unspecified atom stereocenters. The van der Waals surface area contributed by atoms with Gasteiger partial charge in [0, 0.05) is 0 Å². The van der Waals surface area contributed by atoms with Gasteiger partial charge >= 0.3 is 0 Å². The molecular formula is C8H11Cl2NO3. The lowest BCUT2D eigenvalue weighted by Crippen LogP contribution is -2.63. The largest absolute Gasteiger partial charge is 0.371 e. The molecule has 0 aromatic carbocycles. The van der Waals surface area contributed by atoms with Crippen molar-refractivity contribution in [3.63, 3.8) is 0 Å². The minimum Gasteiger partial charge on any atom is -0.371 e. The zero-order chi connectivity index (χ0) is 10.3. The summed E-state index contributed by atoms with van der Waals surface area (Å²) < 4.78 is 10.6. The van der Waals surface area contributed by atoms with Crippen LogP contribution in [0.1, 0.15) is 6.92 Å². The van der Waals surface area contributed by atoms with Crippen molar-refractivity contribution in [3.05, 3.63) is 0 Å². The fraction of sp³-hybridized carbons (Fsp3) is 0.875. The average Bonchev–Trinajstić information content (AvgIpc) is 2.40. The van der Waals surface area contributed by atoms with Crippen LogP contribution in [0.15, 0.2) is 0 Å². The van der Waals surface area contributed by atoms with Crippen molar-refractivity contribution in [1.29, 1.82) is 0 Å². The molecule has 0 aliphatic carbocycles. The monoisotopic (exact) mass is 239 g/mol. The Morgan fingerprint density at radius 3 is 2.64 bits per heavy atom. The van der Waals surface area contributed by atoms with Gasteiger partial charge < -0.3 is 14.4 Å². The van der Waals surface area contributed by atoms with E-state index in [0.717, 1.165) is 0 Å². The predicted octanol–water partition coefficient (Wildman–Crippen LogP) is 0.764. The smallest absolute Gasteiger partial charge is 0.258 e. The van der Waals surface area contributed by atoms with Crippen molar-refractivity contribution in [2.75, 3.05) is 19.8 Å². The Hall–Kier alpha value is -0.0300. The van der Waals surface area contributed by atoms with Gasteiger partial charge in [-0.15, -0.1) is 0 Å². The topological polar surface area (TPSA) is 38.8 Å². The van der Waals surface area contributed by atoms with Crippen LogP contribution >= 0.6 is 23.2 Å².